The van der Waals surface area contributed by atoms with Gasteiger partial charge in [0.25, 0.3) is 5.91 Å². The molecule has 2 amide bonds. The molecule has 2 atom stereocenters. The van der Waals surface area contributed by atoms with Gasteiger partial charge in [0, 0.05) is 25.0 Å². The highest BCUT2D eigenvalue weighted by atomic mass is 16.2. The lowest BCUT2D eigenvalue weighted by molar-refractivity contribution is -0.143. The highest BCUT2D eigenvalue weighted by molar-refractivity contribution is 6.04. The Labute approximate surface area is 174 Å². The SMILES string of the molecule is O=C1[C@H](N2CCCC(Nc3ccccc3)C2=O)CCCN1c1ncnc2[nH]ccc12. The van der Waals surface area contributed by atoms with Gasteiger partial charge >= 0.3 is 0 Å². The normalized spacial score (nSPS) is 22.5. The maximum atomic E-state index is 13.4. The molecule has 2 N–H and O–H groups in total. The molecule has 2 aliphatic rings. The molecule has 154 valence electrons. The maximum absolute atomic E-state index is 13.4. The zero-order valence-electron chi connectivity index (χ0n) is 16.6. The number of fused-ring (bicyclic) bond motifs is 1. The Balaban J connectivity index is 1.37. The van der Waals surface area contributed by atoms with Gasteiger partial charge in [-0.3, -0.25) is 14.5 Å². The Kier molecular flexibility index (Phi) is 4.82. The van der Waals surface area contributed by atoms with Crippen LogP contribution in [0.15, 0.2) is 48.9 Å². The molecule has 0 spiro atoms. The Morgan fingerprint density at radius 3 is 2.67 bits per heavy atom. The second-order valence-corrected chi connectivity index (χ2v) is 7.82. The van der Waals surface area contributed by atoms with Gasteiger partial charge < -0.3 is 15.2 Å². The molecule has 3 aromatic rings. The number of carbonyl (C=O) groups excluding carboxylic acids is 2. The van der Waals surface area contributed by atoms with Crippen LogP contribution in [0, 0.1) is 0 Å². The number of benzene rings is 1. The van der Waals surface area contributed by atoms with E-state index in [4.69, 9.17) is 0 Å². The average Bonchev–Trinajstić information content (AvgIpc) is 3.26. The minimum Gasteiger partial charge on any atom is -0.374 e. The lowest BCUT2D eigenvalue weighted by atomic mass is 9.97. The highest BCUT2D eigenvalue weighted by Gasteiger charge is 2.40. The summed E-state index contributed by atoms with van der Waals surface area (Å²) in [5, 5.41) is 4.16. The first-order valence-electron chi connectivity index (χ1n) is 10.4. The third-order valence-corrected chi connectivity index (χ3v) is 5.96. The average molecular weight is 404 g/mol. The van der Waals surface area contributed by atoms with Gasteiger partial charge in [0.1, 0.15) is 29.9 Å². The molecule has 5 rings (SSSR count). The number of nitrogens with zero attached hydrogens (tertiary/aromatic N) is 4. The lowest BCUT2D eigenvalue weighted by Gasteiger charge is -2.41. The van der Waals surface area contributed by atoms with Crippen LogP contribution >= 0.6 is 0 Å². The number of nitrogens with one attached hydrogen (secondary N) is 2. The van der Waals surface area contributed by atoms with Crippen LogP contribution in [-0.4, -0.2) is 56.8 Å². The molecular weight excluding hydrogens is 380 g/mol. The first-order valence-corrected chi connectivity index (χ1v) is 10.4. The number of carbonyl (C=O) groups is 2. The molecule has 8 nitrogen and oxygen atoms in total. The summed E-state index contributed by atoms with van der Waals surface area (Å²) in [6, 6.07) is 10.9. The number of H-pyrrole nitrogens is 1. The molecule has 0 bridgehead atoms. The van der Waals surface area contributed by atoms with Gasteiger partial charge in [-0.2, -0.15) is 0 Å². The molecule has 0 radical (unpaired) electrons. The summed E-state index contributed by atoms with van der Waals surface area (Å²) in [6.07, 6.45) is 6.41. The molecule has 1 unspecified atom stereocenters. The first-order chi connectivity index (χ1) is 14.7. The Bertz CT molecular complexity index is 1070. The minimum atomic E-state index is -0.449. The van der Waals surface area contributed by atoms with E-state index in [1.54, 1.807) is 16.0 Å². The number of para-hydroxylation sites is 1. The molecule has 2 fully saturated rings. The van der Waals surface area contributed by atoms with E-state index in [1.807, 2.05) is 36.4 Å². The van der Waals surface area contributed by atoms with E-state index >= 15 is 0 Å². The van der Waals surface area contributed by atoms with Gasteiger partial charge in [-0.05, 0) is 43.9 Å². The quantitative estimate of drug-likeness (QED) is 0.697. The van der Waals surface area contributed by atoms with Gasteiger partial charge in [-0.15, -0.1) is 0 Å². The minimum absolute atomic E-state index is 0.000202. The van der Waals surface area contributed by atoms with Crippen molar-refractivity contribution in [1.82, 2.24) is 19.9 Å². The standard InChI is InChI=1S/C22H24N6O2/c29-21-17(26-15-6-2-1-3-7-15)8-4-12-27(21)18-9-5-13-28(22(18)30)20-16-10-11-23-19(16)24-14-25-20/h1-3,6-7,10-11,14,17-18,26H,4-5,8-9,12-13H2,(H,23,24,25)/t17?,18-/m1/s1. The molecule has 30 heavy (non-hydrogen) atoms. The van der Waals surface area contributed by atoms with Crippen LogP contribution in [0.5, 0.6) is 0 Å². The summed E-state index contributed by atoms with van der Waals surface area (Å²) < 4.78 is 0. The van der Waals surface area contributed by atoms with E-state index in [0.29, 0.717) is 31.0 Å². The van der Waals surface area contributed by atoms with Crippen molar-refractivity contribution in [1.29, 1.82) is 0 Å². The third kappa shape index (κ3) is 3.28. The van der Waals surface area contributed by atoms with Gasteiger partial charge in [0.05, 0.1) is 5.39 Å². The molecule has 2 saturated heterocycles. The lowest BCUT2D eigenvalue weighted by Crippen LogP contribution is -2.59. The monoisotopic (exact) mass is 404 g/mol. The molecule has 0 saturated carbocycles. The largest absolute Gasteiger partial charge is 0.374 e. The van der Waals surface area contributed by atoms with Crippen molar-refractivity contribution < 1.29 is 9.59 Å². The third-order valence-electron chi connectivity index (χ3n) is 5.96. The van der Waals surface area contributed by atoms with Crippen molar-refractivity contribution in [3.63, 3.8) is 0 Å². The molecule has 2 aliphatic heterocycles. The number of likely N-dealkylation sites (tertiary alicyclic amines) is 1. The number of hydrogen-bond acceptors (Lipinski definition) is 5. The van der Waals surface area contributed by atoms with E-state index in [9.17, 15) is 9.59 Å². The predicted molar refractivity (Wildman–Crippen MR) is 114 cm³/mol. The van der Waals surface area contributed by atoms with Crippen LogP contribution in [0.4, 0.5) is 11.5 Å². The van der Waals surface area contributed by atoms with Crippen molar-refractivity contribution >= 4 is 34.4 Å². The summed E-state index contributed by atoms with van der Waals surface area (Å²) in [6.45, 7) is 1.21. The smallest absolute Gasteiger partial charge is 0.250 e. The van der Waals surface area contributed by atoms with Crippen LogP contribution in [0.2, 0.25) is 0 Å². The second kappa shape index (κ2) is 7.78. The summed E-state index contributed by atoms with van der Waals surface area (Å²) in [4.78, 5) is 41.8. The topological polar surface area (TPSA) is 94.2 Å². The molecule has 0 aliphatic carbocycles. The fourth-order valence-corrected chi connectivity index (χ4v) is 4.51. The number of anilines is 2. The van der Waals surface area contributed by atoms with Crippen molar-refractivity contribution in [2.75, 3.05) is 23.3 Å². The van der Waals surface area contributed by atoms with Crippen molar-refractivity contribution in [3.05, 3.63) is 48.9 Å². The van der Waals surface area contributed by atoms with E-state index in [2.05, 4.69) is 20.3 Å². The van der Waals surface area contributed by atoms with Crippen LogP contribution in [-0.2, 0) is 9.59 Å². The summed E-state index contributed by atoms with van der Waals surface area (Å²) >= 11 is 0. The fraction of sp³-hybridized carbons (Fsp3) is 0.364. The maximum Gasteiger partial charge on any atom is 0.250 e. The Hall–Kier alpha value is -3.42. The number of aromatic nitrogens is 3. The number of piperidine rings is 2. The highest BCUT2D eigenvalue weighted by Crippen LogP contribution is 2.29. The van der Waals surface area contributed by atoms with Gasteiger partial charge in [-0.1, -0.05) is 18.2 Å². The van der Waals surface area contributed by atoms with Crippen LogP contribution in [0.3, 0.4) is 0 Å². The molecular formula is C22H24N6O2. The first kappa shape index (κ1) is 18.6. The van der Waals surface area contributed by atoms with E-state index in [1.165, 1.54) is 6.33 Å². The zero-order chi connectivity index (χ0) is 20.5. The van der Waals surface area contributed by atoms with E-state index < -0.39 is 6.04 Å². The number of hydrogen-bond donors (Lipinski definition) is 2. The fourth-order valence-electron chi connectivity index (χ4n) is 4.51. The summed E-state index contributed by atoms with van der Waals surface area (Å²) in [5.41, 5.74) is 1.63. The molecule has 8 heteroatoms. The van der Waals surface area contributed by atoms with Crippen molar-refractivity contribution in [2.24, 2.45) is 0 Å². The number of amides is 2. The molecule has 4 heterocycles. The Morgan fingerprint density at radius 2 is 1.80 bits per heavy atom. The zero-order valence-corrected chi connectivity index (χ0v) is 16.6. The van der Waals surface area contributed by atoms with Crippen LogP contribution < -0.4 is 10.2 Å². The summed E-state index contributed by atoms with van der Waals surface area (Å²) in [7, 11) is 0. The van der Waals surface area contributed by atoms with E-state index in [-0.39, 0.29) is 17.9 Å². The van der Waals surface area contributed by atoms with Crippen molar-refractivity contribution in [2.45, 2.75) is 37.8 Å². The van der Waals surface area contributed by atoms with Gasteiger partial charge in [0.2, 0.25) is 5.91 Å². The number of aromatic amines is 1. The Morgan fingerprint density at radius 1 is 0.967 bits per heavy atom. The van der Waals surface area contributed by atoms with Crippen molar-refractivity contribution in [3.8, 4) is 0 Å². The van der Waals surface area contributed by atoms with E-state index in [0.717, 1.165) is 30.3 Å². The predicted octanol–water partition coefficient (Wildman–Crippen LogP) is 2.56. The number of rotatable bonds is 4. The van der Waals surface area contributed by atoms with Crippen LogP contribution in [0.1, 0.15) is 25.7 Å². The molecule has 1 aromatic carbocycles. The molecule has 2 aromatic heterocycles. The van der Waals surface area contributed by atoms with Gasteiger partial charge in [-0.25, -0.2) is 9.97 Å². The van der Waals surface area contributed by atoms with Crippen LogP contribution in [0.25, 0.3) is 11.0 Å². The second-order valence-electron chi connectivity index (χ2n) is 7.82. The van der Waals surface area contributed by atoms with Gasteiger partial charge in [0.15, 0.2) is 0 Å². The summed E-state index contributed by atoms with van der Waals surface area (Å²) in [5.74, 6) is 0.551.